The van der Waals surface area contributed by atoms with Crippen molar-refractivity contribution in [3.63, 3.8) is 0 Å². The van der Waals surface area contributed by atoms with E-state index in [0.717, 1.165) is 5.56 Å². The Morgan fingerprint density at radius 1 is 1.03 bits per heavy atom. The van der Waals surface area contributed by atoms with Crippen LogP contribution in [0.15, 0.2) is 88.7 Å². The largest absolute Gasteiger partial charge is 0.439 e. The monoisotopic (exact) mass is 404 g/mol. The number of pyridine rings is 1. The molecule has 0 fully saturated rings. The van der Waals surface area contributed by atoms with Gasteiger partial charge in [-0.25, -0.2) is 9.37 Å². The van der Waals surface area contributed by atoms with Gasteiger partial charge in [-0.05, 0) is 30.3 Å². The molecule has 7 nitrogen and oxygen atoms in total. The van der Waals surface area contributed by atoms with Crippen molar-refractivity contribution in [2.45, 2.75) is 6.61 Å². The maximum absolute atomic E-state index is 12.9. The number of aromatic nitrogens is 2. The summed E-state index contributed by atoms with van der Waals surface area (Å²) in [6, 6.07) is 20.4. The Morgan fingerprint density at radius 2 is 1.83 bits per heavy atom. The second-order valence-corrected chi connectivity index (χ2v) is 6.24. The van der Waals surface area contributed by atoms with Crippen molar-refractivity contribution < 1.29 is 18.5 Å². The fraction of sp³-hybridized carbons (Fsp3) is 0.0455. The van der Waals surface area contributed by atoms with Gasteiger partial charge in [0.1, 0.15) is 17.3 Å². The zero-order chi connectivity index (χ0) is 20.8. The van der Waals surface area contributed by atoms with Crippen LogP contribution >= 0.6 is 0 Å². The van der Waals surface area contributed by atoms with Crippen LogP contribution in [-0.4, -0.2) is 16.0 Å². The summed E-state index contributed by atoms with van der Waals surface area (Å²) in [7, 11) is 0. The number of benzene rings is 2. The first-order valence-electron chi connectivity index (χ1n) is 9.04. The van der Waals surface area contributed by atoms with E-state index in [1.165, 1.54) is 30.5 Å². The van der Waals surface area contributed by atoms with Crippen LogP contribution < -0.4 is 10.5 Å². The Balaban J connectivity index is 1.33. The fourth-order valence-electron chi connectivity index (χ4n) is 2.56. The lowest BCUT2D eigenvalue weighted by Gasteiger charge is -2.05. The molecular weight excluding hydrogens is 387 g/mol. The summed E-state index contributed by atoms with van der Waals surface area (Å²) in [6.07, 6.45) is 1.50. The third-order valence-electron chi connectivity index (χ3n) is 4.07. The summed E-state index contributed by atoms with van der Waals surface area (Å²) in [5.41, 5.74) is 8.15. The predicted molar refractivity (Wildman–Crippen MR) is 108 cm³/mol. The van der Waals surface area contributed by atoms with Gasteiger partial charge in [0, 0.05) is 29.5 Å². The lowest BCUT2D eigenvalue weighted by molar-refractivity contribution is 0.109. The van der Waals surface area contributed by atoms with Gasteiger partial charge in [0.05, 0.1) is 0 Å². The minimum atomic E-state index is -0.337. The molecule has 0 spiro atoms. The van der Waals surface area contributed by atoms with E-state index in [4.69, 9.17) is 19.8 Å². The quantitative estimate of drug-likeness (QED) is 0.277. The third kappa shape index (κ3) is 4.79. The van der Waals surface area contributed by atoms with E-state index in [1.54, 1.807) is 18.2 Å². The number of hydrogen-bond acceptors (Lipinski definition) is 6. The number of amidine groups is 1. The number of oxime groups is 1. The van der Waals surface area contributed by atoms with Crippen molar-refractivity contribution in [2.24, 2.45) is 10.9 Å². The van der Waals surface area contributed by atoms with Gasteiger partial charge in [-0.2, -0.15) is 0 Å². The summed E-state index contributed by atoms with van der Waals surface area (Å²) in [5, 5.41) is 7.89. The van der Waals surface area contributed by atoms with Crippen molar-refractivity contribution >= 4 is 5.84 Å². The summed E-state index contributed by atoms with van der Waals surface area (Å²) in [4.78, 5) is 9.42. The Hall–Kier alpha value is -4.20. The van der Waals surface area contributed by atoms with Crippen LogP contribution in [-0.2, 0) is 11.4 Å². The van der Waals surface area contributed by atoms with E-state index in [1.807, 2.05) is 30.3 Å². The molecule has 0 atom stereocenters. The van der Waals surface area contributed by atoms with Crippen LogP contribution in [0.2, 0.25) is 0 Å². The van der Waals surface area contributed by atoms with Gasteiger partial charge in [0.15, 0.2) is 18.2 Å². The van der Waals surface area contributed by atoms with Crippen molar-refractivity contribution in [2.75, 3.05) is 0 Å². The van der Waals surface area contributed by atoms with Gasteiger partial charge >= 0.3 is 0 Å². The molecule has 4 rings (SSSR count). The number of ether oxygens (including phenoxy) is 1. The zero-order valence-electron chi connectivity index (χ0n) is 15.7. The van der Waals surface area contributed by atoms with E-state index in [-0.39, 0.29) is 18.3 Å². The molecule has 2 aromatic carbocycles. The van der Waals surface area contributed by atoms with E-state index < -0.39 is 0 Å². The molecule has 2 aromatic heterocycles. The second kappa shape index (κ2) is 8.87. The number of rotatable bonds is 7. The van der Waals surface area contributed by atoms with Crippen LogP contribution in [0.5, 0.6) is 11.6 Å². The first-order valence-corrected chi connectivity index (χ1v) is 9.04. The topological polar surface area (TPSA) is 95.8 Å². The SMILES string of the molecule is N/C(=N/OCc1cc(-c2ccccc2)no1)c1ccc(Oc2ccc(F)cc2)nc1. The molecule has 0 unspecified atom stereocenters. The molecule has 2 N–H and O–H groups in total. The molecule has 30 heavy (non-hydrogen) atoms. The van der Waals surface area contributed by atoms with Gasteiger partial charge in [-0.3, -0.25) is 0 Å². The normalized spacial score (nSPS) is 11.3. The highest BCUT2D eigenvalue weighted by molar-refractivity contribution is 5.96. The Morgan fingerprint density at radius 3 is 2.57 bits per heavy atom. The van der Waals surface area contributed by atoms with Gasteiger partial charge in [0.2, 0.25) is 5.88 Å². The van der Waals surface area contributed by atoms with Crippen LogP contribution in [0.25, 0.3) is 11.3 Å². The predicted octanol–water partition coefficient (Wildman–Crippen LogP) is 4.51. The van der Waals surface area contributed by atoms with Crippen molar-refractivity contribution in [3.8, 4) is 22.9 Å². The average molecular weight is 404 g/mol. The van der Waals surface area contributed by atoms with Gasteiger partial charge < -0.3 is 19.8 Å². The molecule has 0 bridgehead atoms. The minimum Gasteiger partial charge on any atom is -0.439 e. The maximum Gasteiger partial charge on any atom is 0.219 e. The van der Waals surface area contributed by atoms with Gasteiger partial charge in [-0.1, -0.05) is 40.6 Å². The van der Waals surface area contributed by atoms with Crippen LogP contribution in [0.4, 0.5) is 4.39 Å². The Labute approximate surface area is 171 Å². The molecule has 0 aliphatic carbocycles. The van der Waals surface area contributed by atoms with E-state index in [2.05, 4.69) is 15.3 Å². The Bertz CT molecular complexity index is 1130. The molecule has 0 radical (unpaired) electrons. The molecule has 0 aliphatic rings. The van der Waals surface area contributed by atoms with Gasteiger partial charge in [0.25, 0.3) is 0 Å². The van der Waals surface area contributed by atoms with Crippen molar-refractivity contribution in [1.29, 1.82) is 0 Å². The molecule has 0 amide bonds. The first kappa shape index (κ1) is 19.1. The molecule has 2 heterocycles. The highest BCUT2D eigenvalue weighted by Crippen LogP contribution is 2.20. The van der Waals surface area contributed by atoms with E-state index in [0.29, 0.717) is 28.6 Å². The molecule has 0 saturated heterocycles. The highest BCUT2D eigenvalue weighted by atomic mass is 19.1. The van der Waals surface area contributed by atoms with Gasteiger partial charge in [-0.15, -0.1) is 0 Å². The van der Waals surface area contributed by atoms with Crippen molar-refractivity contribution in [3.05, 3.63) is 96.1 Å². The number of nitrogens with zero attached hydrogens (tertiary/aromatic N) is 3. The molecule has 0 saturated carbocycles. The Kier molecular flexibility index (Phi) is 5.66. The van der Waals surface area contributed by atoms with Crippen LogP contribution in [0.3, 0.4) is 0 Å². The number of hydrogen-bond donors (Lipinski definition) is 1. The lowest BCUT2D eigenvalue weighted by Crippen LogP contribution is -2.14. The zero-order valence-corrected chi connectivity index (χ0v) is 15.7. The minimum absolute atomic E-state index is 0.0831. The lowest BCUT2D eigenvalue weighted by atomic mass is 10.1. The fourth-order valence-corrected chi connectivity index (χ4v) is 2.56. The molecule has 0 aliphatic heterocycles. The molecule has 150 valence electrons. The summed E-state index contributed by atoms with van der Waals surface area (Å²) < 4.78 is 23.7. The highest BCUT2D eigenvalue weighted by Gasteiger charge is 2.07. The molecule has 4 aromatic rings. The average Bonchev–Trinajstić information content (AvgIpc) is 3.25. The standard InChI is InChI=1S/C22H17FN4O3/c23-17-7-9-18(10-8-17)29-21-11-6-16(13-25-21)22(24)27-28-14-19-12-20(26-30-19)15-4-2-1-3-5-15/h1-13H,14H2,(H2,24,27). The molecule has 8 heteroatoms. The first-order chi connectivity index (χ1) is 14.7. The summed E-state index contributed by atoms with van der Waals surface area (Å²) >= 11 is 0. The third-order valence-corrected chi connectivity index (χ3v) is 4.07. The molecular formula is C22H17FN4O3. The summed E-state index contributed by atoms with van der Waals surface area (Å²) in [5.74, 6) is 1.15. The number of nitrogens with two attached hydrogens (primary N) is 1. The van der Waals surface area contributed by atoms with Crippen molar-refractivity contribution in [1.82, 2.24) is 10.1 Å². The van der Waals surface area contributed by atoms with E-state index in [9.17, 15) is 4.39 Å². The van der Waals surface area contributed by atoms with Crippen LogP contribution in [0.1, 0.15) is 11.3 Å². The van der Waals surface area contributed by atoms with E-state index >= 15 is 0 Å². The smallest absolute Gasteiger partial charge is 0.219 e. The number of halogens is 1. The second-order valence-electron chi connectivity index (χ2n) is 6.24. The summed E-state index contributed by atoms with van der Waals surface area (Å²) in [6.45, 7) is 0.0831. The maximum atomic E-state index is 12.9. The van der Waals surface area contributed by atoms with Crippen LogP contribution in [0, 0.1) is 5.82 Å².